The average Bonchev–Trinajstić information content (AvgIpc) is 3.13. The van der Waals surface area contributed by atoms with E-state index < -0.39 is 0 Å². The standard InChI is InChI=1S/C13H17ClN2/c14-12-2-1-3-13(16-12)15-8-11(9-4-5-9)10-6-7-10/h1-3,9-11H,4-8H2,(H,15,16). The molecule has 0 radical (unpaired) electrons. The summed E-state index contributed by atoms with van der Waals surface area (Å²) < 4.78 is 0. The van der Waals surface area contributed by atoms with E-state index in [0.29, 0.717) is 5.15 Å². The molecular formula is C13H17ClN2. The number of nitrogens with one attached hydrogen (secondary N) is 1. The van der Waals surface area contributed by atoms with Crippen molar-refractivity contribution in [3.05, 3.63) is 23.4 Å². The van der Waals surface area contributed by atoms with Crippen molar-refractivity contribution in [3.63, 3.8) is 0 Å². The second-order valence-corrected chi connectivity index (χ2v) is 5.45. The van der Waals surface area contributed by atoms with Crippen molar-refractivity contribution in [2.45, 2.75) is 25.7 Å². The van der Waals surface area contributed by atoms with Gasteiger partial charge in [-0.15, -0.1) is 0 Å². The van der Waals surface area contributed by atoms with Gasteiger partial charge in [0.25, 0.3) is 0 Å². The Bertz CT molecular complexity index is 360. The first kappa shape index (κ1) is 10.4. The molecule has 0 spiro atoms. The fraction of sp³-hybridized carbons (Fsp3) is 0.615. The molecule has 1 heterocycles. The van der Waals surface area contributed by atoms with Gasteiger partial charge in [-0.2, -0.15) is 0 Å². The van der Waals surface area contributed by atoms with Gasteiger partial charge in [0.05, 0.1) is 0 Å². The van der Waals surface area contributed by atoms with Gasteiger partial charge in [-0.1, -0.05) is 17.7 Å². The van der Waals surface area contributed by atoms with Crippen molar-refractivity contribution >= 4 is 17.4 Å². The van der Waals surface area contributed by atoms with Crippen molar-refractivity contribution in [1.29, 1.82) is 0 Å². The molecule has 86 valence electrons. The molecule has 2 aliphatic carbocycles. The number of pyridine rings is 1. The molecule has 0 aliphatic heterocycles. The molecule has 0 atom stereocenters. The first-order valence-electron chi connectivity index (χ1n) is 6.19. The Morgan fingerprint density at radius 2 is 1.94 bits per heavy atom. The van der Waals surface area contributed by atoms with Gasteiger partial charge < -0.3 is 5.32 Å². The second-order valence-electron chi connectivity index (χ2n) is 5.07. The van der Waals surface area contributed by atoms with Crippen LogP contribution in [-0.2, 0) is 0 Å². The Kier molecular flexibility index (Phi) is 2.76. The van der Waals surface area contributed by atoms with Crippen molar-refractivity contribution in [3.8, 4) is 0 Å². The topological polar surface area (TPSA) is 24.9 Å². The number of hydrogen-bond acceptors (Lipinski definition) is 2. The molecule has 0 unspecified atom stereocenters. The van der Waals surface area contributed by atoms with E-state index in [9.17, 15) is 0 Å². The molecule has 2 nitrogen and oxygen atoms in total. The minimum atomic E-state index is 0.569. The van der Waals surface area contributed by atoms with Crippen LogP contribution in [0.4, 0.5) is 5.82 Å². The van der Waals surface area contributed by atoms with Gasteiger partial charge in [-0.3, -0.25) is 0 Å². The lowest BCUT2D eigenvalue weighted by Gasteiger charge is -2.16. The summed E-state index contributed by atoms with van der Waals surface area (Å²) in [6.45, 7) is 1.07. The molecular weight excluding hydrogens is 220 g/mol. The Hall–Kier alpha value is -0.760. The fourth-order valence-corrected chi connectivity index (χ4v) is 2.66. The van der Waals surface area contributed by atoms with Gasteiger partial charge in [0.1, 0.15) is 11.0 Å². The lowest BCUT2D eigenvalue weighted by Crippen LogP contribution is -2.18. The van der Waals surface area contributed by atoms with Crippen molar-refractivity contribution in [1.82, 2.24) is 4.98 Å². The van der Waals surface area contributed by atoms with Crippen LogP contribution in [0.3, 0.4) is 0 Å². The molecule has 1 aromatic rings. The third kappa shape index (κ3) is 2.49. The van der Waals surface area contributed by atoms with Gasteiger partial charge in [-0.25, -0.2) is 4.98 Å². The highest BCUT2D eigenvalue weighted by atomic mass is 35.5. The predicted octanol–water partition coefficient (Wildman–Crippen LogP) is 3.58. The highest BCUT2D eigenvalue weighted by Gasteiger charge is 2.40. The number of rotatable bonds is 5. The van der Waals surface area contributed by atoms with Crippen LogP contribution in [0.2, 0.25) is 5.15 Å². The highest BCUT2D eigenvalue weighted by Crippen LogP contribution is 2.49. The molecule has 0 saturated heterocycles. The summed E-state index contributed by atoms with van der Waals surface area (Å²) in [7, 11) is 0. The zero-order valence-corrected chi connectivity index (χ0v) is 10.1. The minimum Gasteiger partial charge on any atom is -0.370 e. The largest absolute Gasteiger partial charge is 0.370 e. The molecule has 1 aromatic heterocycles. The van der Waals surface area contributed by atoms with Crippen LogP contribution >= 0.6 is 11.6 Å². The Morgan fingerprint density at radius 3 is 2.50 bits per heavy atom. The van der Waals surface area contributed by atoms with E-state index in [1.807, 2.05) is 18.2 Å². The molecule has 2 aliphatic rings. The Morgan fingerprint density at radius 1 is 1.25 bits per heavy atom. The van der Waals surface area contributed by atoms with Crippen LogP contribution in [0.1, 0.15) is 25.7 Å². The van der Waals surface area contributed by atoms with Gasteiger partial charge in [0, 0.05) is 6.54 Å². The molecule has 3 heteroatoms. The van der Waals surface area contributed by atoms with E-state index in [2.05, 4.69) is 10.3 Å². The third-order valence-electron chi connectivity index (χ3n) is 3.69. The molecule has 1 N–H and O–H groups in total. The quantitative estimate of drug-likeness (QED) is 0.791. The van der Waals surface area contributed by atoms with E-state index >= 15 is 0 Å². The lowest BCUT2D eigenvalue weighted by atomic mass is 9.98. The Balaban J connectivity index is 1.58. The molecule has 0 aromatic carbocycles. The molecule has 2 saturated carbocycles. The van der Waals surface area contributed by atoms with Crippen LogP contribution in [0, 0.1) is 17.8 Å². The molecule has 0 amide bonds. The number of anilines is 1. The van der Waals surface area contributed by atoms with Gasteiger partial charge in [0.15, 0.2) is 0 Å². The van der Waals surface area contributed by atoms with Crippen LogP contribution in [-0.4, -0.2) is 11.5 Å². The minimum absolute atomic E-state index is 0.569. The summed E-state index contributed by atoms with van der Waals surface area (Å²) in [5.74, 6) is 3.76. The summed E-state index contributed by atoms with van der Waals surface area (Å²) in [5, 5.41) is 4.00. The third-order valence-corrected chi connectivity index (χ3v) is 3.90. The summed E-state index contributed by atoms with van der Waals surface area (Å²) in [4.78, 5) is 4.26. The Labute approximate surface area is 101 Å². The molecule has 16 heavy (non-hydrogen) atoms. The number of aromatic nitrogens is 1. The molecule has 2 fully saturated rings. The number of halogens is 1. The SMILES string of the molecule is Clc1cccc(NCC(C2CC2)C2CC2)n1. The van der Waals surface area contributed by atoms with E-state index in [-0.39, 0.29) is 0 Å². The van der Waals surface area contributed by atoms with Crippen molar-refractivity contribution in [2.75, 3.05) is 11.9 Å². The monoisotopic (exact) mass is 236 g/mol. The smallest absolute Gasteiger partial charge is 0.131 e. The maximum absolute atomic E-state index is 5.86. The first-order chi connectivity index (χ1) is 7.83. The van der Waals surface area contributed by atoms with E-state index in [0.717, 1.165) is 30.1 Å². The zero-order valence-electron chi connectivity index (χ0n) is 9.32. The normalized spacial score (nSPS) is 20.1. The van der Waals surface area contributed by atoms with Crippen LogP contribution in [0.15, 0.2) is 18.2 Å². The molecule has 3 rings (SSSR count). The molecule has 0 bridgehead atoms. The van der Waals surface area contributed by atoms with Crippen molar-refractivity contribution in [2.24, 2.45) is 17.8 Å². The maximum atomic E-state index is 5.86. The number of hydrogen-bond donors (Lipinski definition) is 1. The van der Waals surface area contributed by atoms with Gasteiger partial charge >= 0.3 is 0 Å². The first-order valence-corrected chi connectivity index (χ1v) is 6.57. The summed E-state index contributed by atoms with van der Waals surface area (Å²) in [5.41, 5.74) is 0. The highest BCUT2D eigenvalue weighted by molar-refractivity contribution is 6.29. The summed E-state index contributed by atoms with van der Waals surface area (Å²) in [6.07, 6.45) is 5.75. The van der Waals surface area contributed by atoms with E-state index in [1.165, 1.54) is 25.7 Å². The number of nitrogens with zero attached hydrogens (tertiary/aromatic N) is 1. The zero-order chi connectivity index (χ0) is 11.0. The summed E-state index contributed by atoms with van der Waals surface area (Å²) >= 11 is 5.86. The summed E-state index contributed by atoms with van der Waals surface area (Å²) in [6, 6.07) is 5.75. The van der Waals surface area contributed by atoms with Crippen LogP contribution in [0.25, 0.3) is 0 Å². The van der Waals surface area contributed by atoms with Gasteiger partial charge in [-0.05, 0) is 55.6 Å². The lowest BCUT2D eigenvalue weighted by molar-refractivity contribution is 0.428. The van der Waals surface area contributed by atoms with E-state index in [1.54, 1.807) is 0 Å². The fourth-order valence-electron chi connectivity index (χ4n) is 2.50. The van der Waals surface area contributed by atoms with Crippen molar-refractivity contribution < 1.29 is 0 Å². The van der Waals surface area contributed by atoms with Crippen LogP contribution in [0.5, 0.6) is 0 Å². The van der Waals surface area contributed by atoms with Crippen LogP contribution < -0.4 is 5.32 Å². The maximum Gasteiger partial charge on any atom is 0.131 e. The second kappa shape index (κ2) is 4.25. The van der Waals surface area contributed by atoms with E-state index in [4.69, 9.17) is 11.6 Å². The average molecular weight is 237 g/mol. The predicted molar refractivity (Wildman–Crippen MR) is 66.7 cm³/mol. The van der Waals surface area contributed by atoms with Gasteiger partial charge in [0.2, 0.25) is 0 Å².